The zero-order chi connectivity index (χ0) is 15.6. The standard InChI is InChI=1S/C18H19N3O/c1-18(2,22)13-21-17(15-11-7-4-8-12-15)19-16(20-21)14-9-5-3-6-10-14/h3-12,22H,13H2,1-2H3. The number of hydrogen-bond donors (Lipinski definition) is 1. The van der Waals surface area contributed by atoms with Gasteiger partial charge in [0.15, 0.2) is 11.6 Å². The van der Waals surface area contributed by atoms with E-state index in [2.05, 4.69) is 10.1 Å². The van der Waals surface area contributed by atoms with Crippen LogP contribution in [-0.4, -0.2) is 25.5 Å². The fourth-order valence-electron chi connectivity index (χ4n) is 2.33. The number of hydrogen-bond acceptors (Lipinski definition) is 3. The highest BCUT2D eigenvalue weighted by atomic mass is 16.3. The van der Waals surface area contributed by atoms with Gasteiger partial charge in [0.25, 0.3) is 0 Å². The summed E-state index contributed by atoms with van der Waals surface area (Å²) in [6.07, 6.45) is 0. The van der Waals surface area contributed by atoms with Gasteiger partial charge in [-0.1, -0.05) is 60.7 Å². The van der Waals surface area contributed by atoms with Crippen molar-refractivity contribution in [2.24, 2.45) is 0 Å². The molecule has 2 aromatic carbocycles. The van der Waals surface area contributed by atoms with Crippen molar-refractivity contribution in [3.63, 3.8) is 0 Å². The van der Waals surface area contributed by atoms with Crippen molar-refractivity contribution in [1.82, 2.24) is 14.8 Å². The normalized spacial score (nSPS) is 11.6. The Morgan fingerprint density at radius 2 is 1.45 bits per heavy atom. The largest absolute Gasteiger partial charge is 0.389 e. The van der Waals surface area contributed by atoms with Gasteiger partial charge in [0, 0.05) is 11.1 Å². The molecule has 3 rings (SSSR count). The maximum absolute atomic E-state index is 10.1. The Balaban J connectivity index is 2.09. The molecule has 112 valence electrons. The summed E-state index contributed by atoms with van der Waals surface area (Å²) in [5.41, 5.74) is 1.10. The quantitative estimate of drug-likeness (QED) is 0.802. The average molecular weight is 293 g/mol. The molecule has 0 aliphatic carbocycles. The van der Waals surface area contributed by atoms with Crippen LogP contribution in [0.3, 0.4) is 0 Å². The average Bonchev–Trinajstić information content (AvgIpc) is 2.91. The van der Waals surface area contributed by atoms with Crippen molar-refractivity contribution in [2.75, 3.05) is 0 Å². The summed E-state index contributed by atoms with van der Waals surface area (Å²) in [6.45, 7) is 3.92. The third kappa shape index (κ3) is 3.23. The Bertz CT molecular complexity index is 743. The van der Waals surface area contributed by atoms with E-state index < -0.39 is 5.60 Å². The second-order valence-corrected chi connectivity index (χ2v) is 5.96. The SMILES string of the molecule is CC(C)(O)Cn1nc(-c2ccccc2)nc1-c1ccccc1. The minimum atomic E-state index is -0.856. The predicted molar refractivity (Wildman–Crippen MR) is 87.2 cm³/mol. The lowest BCUT2D eigenvalue weighted by Crippen LogP contribution is -2.27. The van der Waals surface area contributed by atoms with Crippen LogP contribution in [0.25, 0.3) is 22.8 Å². The van der Waals surface area contributed by atoms with E-state index in [1.54, 1.807) is 18.5 Å². The van der Waals surface area contributed by atoms with Crippen molar-refractivity contribution in [3.05, 3.63) is 60.7 Å². The second-order valence-electron chi connectivity index (χ2n) is 5.96. The lowest BCUT2D eigenvalue weighted by atomic mass is 10.1. The number of aromatic nitrogens is 3. The summed E-state index contributed by atoms with van der Waals surface area (Å²) in [5, 5.41) is 14.7. The minimum absolute atomic E-state index is 0.386. The first kappa shape index (κ1) is 14.5. The first-order valence-electron chi connectivity index (χ1n) is 7.31. The zero-order valence-electron chi connectivity index (χ0n) is 12.8. The molecule has 0 aliphatic heterocycles. The summed E-state index contributed by atoms with van der Waals surface area (Å²) in [7, 11) is 0. The van der Waals surface area contributed by atoms with Gasteiger partial charge in [-0.15, -0.1) is 0 Å². The van der Waals surface area contributed by atoms with E-state index in [0.717, 1.165) is 17.0 Å². The molecule has 4 heteroatoms. The summed E-state index contributed by atoms with van der Waals surface area (Å²) >= 11 is 0. The van der Waals surface area contributed by atoms with Gasteiger partial charge in [-0.05, 0) is 13.8 Å². The van der Waals surface area contributed by atoms with Gasteiger partial charge in [-0.2, -0.15) is 5.10 Å². The van der Waals surface area contributed by atoms with Crippen LogP contribution in [0.15, 0.2) is 60.7 Å². The van der Waals surface area contributed by atoms with E-state index in [1.165, 1.54) is 0 Å². The van der Waals surface area contributed by atoms with E-state index >= 15 is 0 Å². The van der Waals surface area contributed by atoms with Gasteiger partial charge in [0.1, 0.15) is 0 Å². The van der Waals surface area contributed by atoms with Crippen LogP contribution >= 0.6 is 0 Å². The number of nitrogens with zero attached hydrogens (tertiary/aromatic N) is 3. The third-order valence-electron chi connectivity index (χ3n) is 3.27. The van der Waals surface area contributed by atoms with E-state index in [4.69, 9.17) is 0 Å². The van der Waals surface area contributed by atoms with Gasteiger partial charge in [-0.25, -0.2) is 9.67 Å². The Morgan fingerprint density at radius 1 is 0.909 bits per heavy atom. The van der Waals surface area contributed by atoms with Gasteiger partial charge < -0.3 is 5.11 Å². The molecule has 0 radical (unpaired) electrons. The molecule has 0 fully saturated rings. The van der Waals surface area contributed by atoms with Crippen LogP contribution < -0.4 is 0 Å². The molecule has 1 heterocycles. The van der Waals surface area contributed by atoms with Crippen LogP contribution in [0.2, 0.25) is 0 Å². The molecule has 0 unspecified atom stereocenters. The second kappa shape index (κ2) is 5.73. The van der Waals surface area contributed by atoms with Crippen LogP contribution in [0.4, 0.5) is 0 Å². The number of aliphatic hydroxyl groups is 1. The molecule has 1 aromatic heterocycles. The molecular formula is C18H19N3O. The third-order valence-corrected chi connectivity index (χ3v) is 3.27. The van der Waals surface area contributed by atoms with Crippen molar-refractivity contribution in [2.45, 2.75) is 26.0 Å². The molecule has 0 saturated heterocycles. The van der Waals surface area contributed by atoms with Crippen LogP contribution in [-0.2, 0) is 6.54 Å². The van der Waals surface area contributed by atoms with Gasteiger partial charge in [-0.3, -0.25) is 0 Å². The Labute approximate surface area is 130 Å². The van der Waals surface area contributed by atoms with Crippen LogP contribution in [0.1, 0.15) is 13.8 Å². The Morgan fingerprint density at radius 3 is 2.00 bits per heavy atom. The molecule has 1 N–H and O–H groups in total. The fourth-order valence-corrected chi connectivity index (χ4v) is 2.33. The lowest BCUT2D eigenvalue weighted by molar-refractivity contribution is 0.0582. The summed E-state index contributed by atoms with van der Waals surface area (Å²) in [4.78, 5) is 4.68. The highest BCUT2D eigenvalue weighted by Gasteiger charge is 2.20. The molecule has 0 atom stereocenters. The lowest BCUT2D eigenvalue weighted by Gasteiger charge is -2.17. The highest BCUT2D eigenvalue weighted by Crippen LogP contribution is 2.23. The van der Waals surface area contributed by atoms with E-state index in [-0.39, 0.29) is 0 Å². The monoisotopic (exact) mass is 293 g/mol. The molecule has 3 aromatic rings. The molecule has 0 aliphatic rings. The fraction of sp³-hybridized carbons (Fsp3) is 0.222. The van der Waals surface area contributed by atoms with E-state index in [0.29, 0.717) is 12.4 Å². The summed E-state index contributed by atoms with van der Waals surface area (Å²) < 4.78 is 1.78. The van der Waals surface area contributed by atoms with Crippen LogP contribution in [0.5, 0.6) is 0 Å². The highest BCUT2D eigenvalue weighted by molar-refractivity contribution is 5.61. The van der Waals surface area contributed by atoms with Crippen LogP contribution in [0, 0.1) is 0 Å². The van der Waals surface area contributed by atoms with E-state index in [1.807, 2.05) is 60.7 Å². The molecule has 0 bridgehead atoms. The summed E-state index contributed by atoms with van der Waals surface area (Å²) in [6, 6.07) is 19.8. The molecular weight excluding hydrogens is 274 g/mol. The predicted octanol–water partition coefficient (Wildman–Crippen LogP) is 3.38. The number of benzene rings is 2. The topological polar surface area (TPSA) is 50.9 Å². The smallest absolute Gasteiger partial charge is 0.181 e. The molecule has 0 amide bonds. The first-order valence-corrected chi connectivity index (χ1v) is 7.31. The molecule has 4 nitrogen and oxygen atoms in total. The van der Waals surface area contributed by atoms with E-state index in [9.17, 15) is 5.11 Å². The molecule has 22 heavy (non-hydrogen) atoms. The Kier molecular flexibility index (Phi) is 3.77. The minimum Gasteiger partial charge on any atom is -0.389 e. The maximum Gasteiger partial charge on any atom is 0.181 e. The first-order chi connectivity index (χ1) is 10.5. The van der Waals surface area contributed by atoms with Crippen molar-refractivity contribution < 1.29 is 5.11 Å². The zero-order valence-corrected chi connectivity index (χ0v) is 12.8. The van der Waals surface area contributed by atoms with Crippen molar-refractivity contribution in [1.29, 1.82) is 0 Å². The Hall–Kier alpha value is -2.46. The maximum atomic E-state index is 10.1. The summed E-state index contributed by atoms with van der Waals surface area (Å²) in [5.74, 6) is 1.44. The van der Waals surface area contributed by atoms with Gasteiger partial charge in [0.2, 0.25) is 0 Å². The van der Waals surface area contributed by atoms with Gasteiger partial charge in [0.05, 0.1) is 12.1 Å². The van der Waals surface area contributed by atoms with Crippen molar-refractivity contribution >= 4 is 0 Å². The van der Waals surface area contributed by atoms with Crippen molar-refractivity contribution in [3.8, 4) is 22.8 Å². The van der Waals surface area contributed by atoms with Gasteiger partial charge >= 0.3 is 0 Å². The molecule has 0 saturated carbocycles. The molecule has 0 spiro atoms. The number of rotatable bonds is 4.